The van der Waals surface area contributed by atoms with Gasteiger partial charge < -0.3 is 0 Å². The first-order chi connectivity index (χ1) is 6.59. The summed E-state index contributed by atoms with van der Waals surface area (Å²) in [4.78, 5) is 32.0. The monoisotopic (exact) mass is 192 g/mol. The summed E-state index contributed by atoms with van der Waals surface area (Å²) in [7, 11) is 0. The number of hydrogen-bond donors (Lipinski definition) is 1. The lowest BCUT2D eigenvalue weighted by Crippen LogP contribution is -2.34. The summed E-state index contributed by atoms with van der Waals surface area (Å²) in [6.45, 7) is 0. The molecule has 70 valence electrons. The summed E-state index contributed by atoms with van der Waals surface area (Å²) in [5.41, 5.74) is -0.115. The van der Waals surface area contributed by atoms with E-state index in [4.69, 9.17) is 0 Å². The van der Waals surface area contributed by atoms with Crippen molar-refractivity contribution < 1.29 is 14.5 Å². The van der Waals surface area contributed by atoms with E-state index >= 15 is 0 Å². The molecule has 14 heavy (non-hydrogen) atoms. The predicted molar refractivity (Wildman–Crippen MR) is 44.9 cm³/mol. The van der Waals surface area contributed by atoms with Gasteiger partial charge in [-0.2, -0.15) is 0 Å². The number of carbonyl (C=O) groups excluding carboxylic acids is 2. The van der Waals surface area contributed by atoms with Gasteiger partial charge in [0.25, 0.3) is 17.5 Å². The largest absolute Gasteiger partial charge is 0.288 e. The molecule has 0 atom stereocenters. The van der Waals surface area contributed by atoms with Crippen LogP contribution in [-0.4, -0.2) is 16.7 Å². The third-order valence-corrected chi connectivity index (χ3v) is 1.93. The lowest BCUT2D eigenvalue weighted by atomic mass is 10.0. The second-order valence-electron chi connectivity index (χ2n) is 2.77. The van der Waals surface area contributed by atoms with Gasteiger partial charge in [-0.25, -0.2) is 0 Å². The highest BCUT2D eigenvalue weighted by Gasteiger charge is 2.27. The lowest BCUT2D eigenvalue weighted by molar-refractivity contribution is -0.385. The summed E-state index contributed by atoms with van der Waals surface area (Å²) in [6.07, 6.45) is 0. The maximum absolute atomic E-state index is 11.2. The van der Waals surface area contributed by atoms with E-state index in [1.807, 2.05) is 5.32 Å². The number of amides is 2. The molecular weight excluding hydrogens is 188 g/mol. The fourth-order valence-corrected chi connectivity index (χ4v) is 1.26. The van der Waals surface area contributed by atoms with Crippen LogP contribution in [0.4, 0.5) is 5.69 Å². The van der Waals surface area contributed by atoms with Crippen molar-refractivity contribution in [1.82, 2.24) is 5.32 Å². The van der Waals surface area contributed by atoms with Crippen molar-refractivity contribution in [2.45, 2.75) is 0 Å². The van der Waals surface area contributed by atoms with Gasteiger partial charge in [-0.1, -0.05) is 0 Å². The number of nitro benzene ring substituents is 1. The molecule has 0 radical (unpaired) electrons. The molecular formula is C8H4N2O4. The van der Waals surface area contributed by atoms with Crippen molar-refractivity contribution >= 4 is 17.5 Å². The summed E-state index contributed by atoms with van der Waals surface area (Å²) in [6, 6.07) is 3.68. The number of imide groups is 1. The Balaban J connectivity index is 2.68. The molecule has 6 heteroatoms. The maximum Gasteiger partial charge on any atom is 0.282 e. The van der Waals surface area contributed by atoms with Gasteiger partial charge in [0.2, 0.25) is 0 Å². The number of nitrogens with zero attached hydrogens (tertiary/aromatic N) is 1. The first-order valence-electron chi connectivity index (χ1n) is 3.74. The Morgan fingerprint density at radius 1 is 1.21 bits per heavy atom. The van der Waals surface area contributed by atoms with E-state index in [2.05, 4.69) is 0 Å². The Kier molecular flexibility index (Phi) is 1.57. The SMILES string of the molecule is O=C1NC(=O)c2cc1ccc2[N+](=O)[O-]. The number of nitro groups is 1. The van der Waals surface area contributed by atoms with Crippen LogP contribution in [0.25, 0.3) is 0 Å². The number of carbonyl (C=O) groups is 2. The van der Waals surface area contributed by atoms with Crippen molar-refractivity contribution in [3.05, 3.63) is 39.4 Å². The average Bonchev–Trinajstić information content (AvgIpc) is 2.14. The van der Waals surface area contributed by atoms with Crippen molar-refractivity contribution in [3.8, 4) is 0 Å². The molecule has 1 aliphatic rings. The van der Waals surface area contributed by atoms with Gasteiger partial charge >= 0.3 is 0 Å². The van der Waals surface area contributed by atoms with Gasteiger partial charge in [0.15, 0.2) is 0 Å². The van der Waals surface area contributed by atoms with Crippen LogP contribution in [0.3, 0.4) is 0 Å². The molecule has 1 aromatic rings. The molecule has 0 fully saturated rings. The van der Waals surface area contributed by atoms with E-state index in [0.29, 0.717) is 0 Å². The van der Waals surface area contributed by atoms with Crippen molar-refractivity contribution in [3.63, 3.8) is 0 Å². The zero-order valence-electron chi connectivity index (χ0n) is 6.81. The fourth-order valence-electron chi connectivity index (χ4n) is 1.26. The molecule has 0 aromatic heterocycles. The Labute approximate surface area is 77.7 Å². The second-order valence-corrected chi connectivity index (χ2v) is 2.77. The first-order valence-corrected chi connectivity index (χ1v) is 3.74. The van der Waals surface area contributed by atoms with Gasteiger partial charge in [-0.05, 0) is 12.1 Å². The van der Waals surface area contributed by atoms with Crippen LogP contribution in [-0.2, 0) is 0 Å². The Bertz CT molecular complexity index is 466. The minimum Gasteiger partial charge on any atom is -0.288 e. The van der Waals surface area contributed by atoms with E-state index in [1.54, 1.807) is 0 Å². The number of benzene rings is 1. The zero-order valence-corrected chi connectivity index (χ0v) is 6.81. The molecule has 1 aromatic carbocycles. The van der Waals surface area contributed by atoms with E-state index in [9.17, 15) is 19.7 Å². The topological polar surface area (TPSA) is 89.3 Å². The third kappa shape index (κ3) is 1.05. The molecule has 6 nitrogen and oxygen atoms in total. The first kappa shape index (κ1) is 8.36. The number of nitrogens with one attached hydrogen (secondary N) is 1. The lowest BCUT2D eigenvalue weighted by Gasteiger charge is -2.11. The van der Waals surface area contributed by atoms with Gasteiger partial charge in [-0.3, -0.25) is 25.0 Å². The summed E-state index contributed by atoms with van der Waals surface area (Å²) in [5.74, 6) is -1.26. The molecule has 1 heterocycles. The highest BCUT2D eigenvalue weighted by molar-refractivity contribution is 6.16. The maximum atomic E-state index is 11.2. The van der Waals surface area contributed by atoms with Crippen LogP contribution in [0.5, 0.6) is 0 Å². The highest BCUT2D eigenvalue weighted by Crippen LogP contribution is 2.22. The van der Waals surface area contributed by atoms with Crippen LogP contribution < -0.4 is 5.32 Å². The standard InChI is InChI=1S/C8H4N2O4/c11-7-4-1-2-6(10(13)14)5(3-4)8(12)9-7/h1-3H,(H,9,11,12). The third-order valence-electron chi connectivity index (χ3n) is 1.93. The Morgan fingerprint density at radius 3 is 2.57 bits per heavy atom. The minimum absolute atomic E-state index is 0.0768. The van der Waals surface area contributed by atoms with Gasteiger partial charge in [0.1, 0.15) is 5.56 Å². The quantitative estimate of drug-likeness (QED) is 0.398. The highest BCUT2D eigenvalue weighted by atomic mass is 16.6. The van der Waals surface area contributed by atoms with E-state index in [-0.39, 0.29) is 16.8 Å². The van der Waals surface area contributed by atoms with Crippen LogP contribution >= 0.6 is 0 Å². The van der Waals surface area contributed by atoms with E-state index < -0.39 is 16.7 Å². The molecule has 1 aliphatic heterocycles. The molecule has 2 rings (SSSR count). The van der Waals surface area contributed by atoms with E-state index in [0.717, 1.165) is 6.07 Å². The second kappa shape index (κ2) is 2.63. The summed E-state index contributed by atoms with van der Waals surface area (Å²) in [5, 5.41) is 12.5. The number of rotatable bonds is 1. The normalized spacial score (nSPS) is 13.7. The van der Waals surface area contributed by atoms with Crippen LogP contribution in [0, 0.1) is 10.1 Å². The van der Waals surface area contributed by atoms with Gasteiger partial charge in [0, 0.05) is 11.6 Å². The number of hydrogen-bond acceptors (Lipinski definition) is 4. The van der Waals surface area contributed by atoms with Crippen LogP contribution in [0.2, 0.25) is 0 Å². The zero-order chi connectivity index (χ0) is 10.3. The fraction of sp³-hybridized carbons (Fsp3) is 0. The number of fused-ring (bicyclic) bond motifs is 2. The van der Waals surface area contributed by atoms with E-state index in [1.165, 1.54) is 12.1 Å². The Hall–Kier alpha value is -2.24. The van der Waals surface area contributed by atoms with Gasteiger partial charge in [0.05, 0.1) is 4.92 Å². The van der Waals surface area contributed by atoms with Crippen molar-refractivity contribution in [2.24, 2.45) is 0 Å². The van der Waals surface area contributed by atoms with Crippen molar-refractivity contribution in [2.75, 3.05) is 0 Å². The predicted octanol–water partition coefficient (Wildman–Crippen LogP) is 0.478. The molecule has 2 bridgehead atoms. The Morgan fingerprint density at radius 2 is 1.93 bits per heavy atom. The van der Waals surface area contributed by atoms with Gasteiger partial charge in [-0.15, -0.1) is 0 Å². The molecule has 0 saturated carbocycles. The summed E-state index contributed by atoms with van der Waals surface area (Å²) >= 11 is 0. The molecule has 0 unspecified atom stereocenters. The summed E-state index contributed by atoms with van der Waals surface area (Å²) < 4.78 is 0. The van der Waals surface area contributed by atoms with Crippen molar-refractivity contribution in [1.29, 1.82) is 0 Å². The smallest absolute Gasteiger partial charge is 0.282 e. The molecule has 0 saturated heterocycles. The average molecular weight is 192 g/mol. The molecule has 1 N–H and O–H groups in total. The molecule has 0 spiro atoms. The molecule has 2 amide bonds. The minimum atomic E-state index is -0.727. The molecule has 0 aliphatic carbocycles. The van der Waals surface area contributed by atoms with Crippen LogP contribution in [0.15, 0.2) is 18.2 Å². The van der Waals surface area contributed by atoms with Crippen LogP contribution in [0.1, 0.15) is 20.7 Å².